The number of methoxy groups -OCH3 is 1. The fourth-order valence-electron chi connectivity index (χ4n) is 4.35. The lowest BCUT2D eigenvalue weighted by Crippen LogP contribution is -2.52. The van der Waals surface area contributed by atoms with E-state index in [0.29, 0.717) is 18.2 Å². The Labute approximate surface area is 135 Å². The van der Waals surface area contributed by atoms with E-state index < -0.39 is 0 Å². The number of ether oxygens (including phenoxy) is 1. The van der Waals surface area contributed by atoms with Gasteiger partial charge >= 0.3 is 0 Å². The minimum absolute atomic E-state index is 0.500. The lowest BCUT2D eigenvalue weighted by atomic mass is 10.0. The van der Waals surface area contributed by atoms with Crippen molar-refractivity contribution in [3.8, 4) is 5.75 Å². The molecule has 1 heterocycles. The highest BCUT2D eigenvalue weighted by atomic mass is 16.5. The molecule has 3 heteroatoms. The smallest absolute Gasteiger partial charge is 0.121 e. The van der Waals surface area contributed by atoms with Gasteiger partial charge in [0.05, 0.1) is 18.5 Å². The van der Waals surface area contributed by atoms with Gasteiger partial charge in [-0.25, -0.2) is 0 Å². The highest BCUT2D eigenvalue weighted by Crippen LogP contribution is 2.48. The molecule has 0 N–H and O–H groups in total. The van der Waals surface area contributed by atoms with E-state index >= 15 is 0 Å². The molecule has 1 saturated carbocycles. The molecule has 3 nitrogen and oxygen atoms in total. The molecule has 0 bridgehead atoms. The average molecular weight is 302 g/mol. The standard InChI is InChI=1S/C19H30N2O/c1-13(2)20-17-11-10-16(22-5)12-18(17)21(14(3)4)19(20)15-8-6-7-9-15/h10-15,19H,6-9H2,1-5H3. The Morgan fingerprint density at radius 2 is 1.55 bits per heavy atom. The van der Waals surface area contributed by atoms with E-state index in [2.05, 4.69) is 55.7 Å². The average Bonchev–Trinajstić information content (AvgIpc) is 3.11. The molecule has 1 aliphatic carbocycles. The lowest BCUT2D eigenvalue weighted by molar-refractivity contribution is 0.370. The third-order valence-electron chi connectivity index (χ3n) is 5.24. The molecule has 0 aromatic heterocycles. The molecule has 1 unspecified atom stereocenters. The van der Waals surface area contributed by atoms with Crippen molar-refractivity contribution in [3.63, 3.8) is 0 Å². The predicted octanol–water partition coefficient (Wildman–Crippen LogP) is 4.65. The fourth-order valence-corrected chi connectivity index (χ4v) is 4.35. The summed E-state index contributed by atoms with van der Waals surface area (Å²) in [5.41, 5.74) is 2.72. The molecule has 1 atom stereocenters. The number of fused-ring (bicyclic) bond motifs is 1. The van der Waals surface area contributed by atoms with E-state index in [1.807, 2.05) is 0 Å². The van der Waals surface area contributed by atoms with Crippen molar-refractivity contribution in [2.75, 3.05) is 16.9 Å². The first-order valence-electron chi connectivity index (χ1n) is 8.79. The summed E-state index contributed by atoms with van der Waals surface area (Å²) in [6.07, 6.45) is 6.01. The molecule has 122 valence electrons. The summed E-state index contributed by atoms with van der Waals surface area (Å²) in [4.78, 5) is 5.28. The molecular weight excluding hydrogens is 272 g/mol. The van der Waals surface area contributed by atoms with Gasteiger partial charge in [0.2, 0.25) is 0 Å². The van der Waals surface area contributed by atoms with Crippen LogP contribution in [-0.2, 0) is 0 Å². The number of hydrogen-bond acceptors (Lipinski definition) is 3. The maximum Gasteiger partial charge on any atom is 0.121 e. The highest BCUT2D eigenvalue weighted by Gasteiger charge is 2.43. The van der Waals surface area contributed by atoms with Gasteiger partial charge < -0.3 is 14.5 Å². The van der Waals surface area contributed by atoms with Crippen LogP contribution in [0.3, 0.4) is 0 Å². The Kier molecular flexibility index (Phi) is 4.24. The fraction of sp³-hybridized carbons (Fsp3) is 0.684. The third-order valence-corrected chi connectivity index (χ3v) is 5.24. The van der Waals surface area contributed by atoms with Gasteiger partial charge in [0.1, 0.15) is 11.9 Å². The van der Waals surface area contributed by atoms with Gasteiger partial charge in [-0.2, -0.15) is 0 Å². The number of hydrogen-bond donors (Lipinski definition) is 0. The Morgan fingerprint density at radius 1 is 0.955 bits per heavy atom. The van der Waals surface area contributed by atoms with E-state index in [4.69, 9.17) is 4.74 Å². The van der Waals surface area contributed by atoms with Crippen LogP contribution in [0, 0.1) is 5.92 Å². The zero-order valence-electron chi connectivity index (χ0n) is 14.7. The second-order valence-corrected chi connectivity index (χ2v) is 7.31. The van der Waals surface area contributed by atoms with Crippen molar-refractivity contribution in [2.45, 2.75) is 71.6 Å². The van der Waals surface area contributed by atoms with Crippen LogP contribution in [-0.4, -0.2) is 25.4 Å². The maximum absolute atomic E-state index is 5.48. The van der Waals surface area contributed by atoms with Crippen LogP contribution in [0.2, 0.25) is 0 Å². The molecule has 0 radical (unpaired) electrons. The van der Waals surface area contributed by atoms with Crippen molar-refractivity contribution >= 4 is 11.4 Å². The van der Waals surface area contributed by atoms with Crippen LogP contribution in [0.5, 0.6) is 5.75 Å². The zero-order chi connectivity index (χ0) is 15.9. The van der Waals surface area contributed by atoms with E-state index in [1.165, 1.54) is 37.1 Å². The van der Waals surface area contributed by atoms with Gasteiger partial charge in [0, 0.05) is 18.2 Å². The summed E-state index contributed by atoms with van der Waals surface area (Å²) in [6, 6.07) is 7.59. The highest BCUT2D eigenvalue weighted by molar-refractivity contribution is 5.80. The molecule has 0 amide bonds. The quantitative estimate of drug-likeness (QED) is 0.805. The van der Waals surface area contributed by atoms with E-state index in [9.17, 15) is 0 Å². The summed E-state index contributed by atoms with van der Waals surface area (Å²) in [5, 5.41) is 0. The van der Waals surface area contributed by atoms with Crippen molar-refractivity contribution < 1.29 is 4.74 Å². The summed E-state index contributed by atoms with van der Waals surface area (Å²) in [7, 11) is 1.76. The minimum Gasteiger partial charge on any atom is -0.497 e. The molecule has 1 aliphatic heterocycles. The summed E-state index contributed by atoms with van der Waals surface area (Å²) in [6.45, 7) is 9.27. The summed E-state index contributed by atoms with van der Waals surface area (Å²) >= 11 is 0. The van der Waals surface area contributed by atoms with Crippen LogP contribution in [0.25, 0.3) is 0 Å². The van der Waals surface area contributed by atoms with Crippen molar-refractivity contribution in [1.29, 1.82) is 0 Å². The largest absolute Gasteiger partial charge is 0.497 e. The Balaban J connectivity index is 2.08. The van der Waals surface area contributed by atoms with E-state index in [0.717, 1.165) is 11.7 Å². The van der Waals surface area contributed by atoms with Crippen LogP contribution >= 0.6 is 0 Å². The molecule has 1 aromatic rings. The Hall–Kier alpha value is -1.38. The summed E-state index contributed by atoms with van der Waals surface area (Å²) in [5.74, 6) is 1.74. The number of benzene rings is 1. The minimum atomic E-state index is 0.500. The predicted molar refractivity (Wildman–Crippen MR) is 94.0 cm³/mol. The van der Waals surface area contributed by atoms with Gasteiger partial charge in [-0.15, -0.1) is 0 Å². The normalized spacial score (nSPS) is 22.0. The van der Waals surface area contributed by atoms with E-state index in [1.54, 1.807) is 7.11 Å². The second-order valence-electron chi connectivity index (χ2n) is 7.31. The van der Waals surface area contributed by atoms with Gasteiger partial charge in [0.25, 0.3) is 0 Å². The molecule has 3 rings (SSSR count). The molecule has 2 aliphatic rings. The van der Waals surface area contributed by atoms with Gasteiger partial charge in [-0.05, 0) is 58.6 Å². The molecule has 1 aromatic carbocycles. The van der Waals surface area contributed by atoms with Gasteiger partial charge in [-0.1, -0.05) is 12.8 Å². The van der Waals surface area contributed by atoms with Crippen molar-refractivity contribution in [3.05, 3.63) is 18.2 Å². The number of anilines is 2. The maximum atomic E-state index is 5.48. The first-order valence-corrected chi connectivity index (χ1v) is 8.79. The monoisotopic (exact) mass is 302 g/mol. The molecule has 0 saturated heterocycles. The number of rotatable bonds is 4. The zero-order valence-corrected chi connectivity index (χ0v) is 14.7. The van der Waals surface area contributed by atoms with Crippen LogP contribution in [0.1, 0.15) is 53.4 Å². The first-order chi connectivity index (χ1) is 10.5. The second kappa shape index (κ2) is 6.02. The Morgan fingerprint density at radius 3 is 2.09 bits per heavy atom. The summed E-state index contributed by atoms with van der Waals surface area (Å²) < 4.78 is 5.48. The molecule has 22 heavy (non-hydrogen) atoms. The van der Waals surface area contributed by atoms with Gasteiger partial charge in [-0.3, -0.25) is 0 Å². The van der Waals surface area contributed by atoms with Crippen LogP contribution in [0.4, 0.5) is 11.4 Å². The first kappa shape index (κ1) is 15.5. The van der Waals surface area contributed by atoms with Crippen molar-refractivity contribution in [1.82, 2.24) is 0 Å². The van der Waals surface area contributed by atoms with E-state index in [-0.39, 0.29) is 0 Å². The Bertz CT molecular complexity index is 520. The number of nitrogens with zero attached hydrogens (tertiary/aromatic N) is 2. The van der Waals surface area contributed by atoms with Gasteiger partial charge in [0.15, 0.2) is 0 Å². The molecule has 1 fully saturated rings. The SMILES string of the molecule is COc1ccc2c(c1)N(C(C)C)C(C1CCCC1)N2C(C)C. The van der Waals surface area contributed by atoms with Crippen LogP contribution in [0.15, 0.2) is 18.2 Å². The molecular formula is C19H30N2O. The lowest BCUT2D eigenvalue weighted by Gasteiger charge is -2.41. The molecule has 0 spiro atoms. The topological polar surface area (TPSA) is 15.7 Å². The van der Waals surface area contributed by atoms with Crippen LogP contribution < -0.4 is 14.5 Å². The third kappa shape index (κ3) is 2.45. The van der Waals surface area contributed by atoms with Crippen molar-refractivity contribution in [2.24, 2.45) is 5.92 Å².